The molecule has 0 bridgehead atoms. The average Bonchev–Trinajstić information content (AvgIpc) is 3.15. The average molecular weight is 407 g/mol. The summed E-state index contributed by atoms with van der Waals surface area (Å²) in [6, 6.07) is 11.1. The molecule has 1 saturated heterocycles. The highest BCUT2D eigenvalue weighted by Crippen LogP contribution is 2.33. The number of hydrogen-bond donors (Lipinski definition) is 2. The lowest BCUT2D eigenvalue weighted by Crippen LogP contribution is -2.41. The van der Waals surface area contributed by atoms with Gasteiger partial charge in [0.15, 0.2) is 5.78 Å². The van der Waals surface area contributed by atoms with E-state index >= 15 is 0 Å². The molecule has 8 nitrogen and oxygen atoms in total. The standard InChI is InChI=1S/C22H21N3O5/c1-12-16-10-13(4-9-17(16)23-19(12)27)18(26)11-25-20(28)22(2,24-21(25)29)14-5-7-15(30-3)8-6-14/h4-10,12H,11H2,1-3H3,(H,23,27)(H,24,29)/t12-,22-/m1/s1. The number of ketones is 1. The molecule has 1 fully saturated rings. The highest BCUT2D eigenvalue weighted by molar-refractivity contribution is 6.11. The molecule has 0 radical (unpaired) electrons. The number of carbonyl (C=O) groups excluding carboxylic acids is 4. The minimum atomic E-state index is -1.27. The van der Waals surface area contributed by atoms with Crippen molar-refractivity contribution in [2.75, 3.05) is 19.0 Å². The molecule has 0 aromatic heterocycles. The zero-order valence-electron chi connectivity index (χ0n) is 16.8. The number of nitrogens with zero attached hydrogens (tertiary/aromatic N) is 1. The Morgan fingerprint density at radius 2 is 1.83 bits per heavy atom. The molecule has 4 amide bonds. The molecule has 2 aromatic rings. The highest BCUT2D eigenvalue weighted by atomic mass is 16.5. The lowest BCUT2D eigenvalue weighted by atomic mass is 9.92. The molecule has 2 aromatic carbocycles. The van der Waals surface area contributed by atoms with Crippen LogP contribution in [-0.2, 0) is 15.1 Å². The summed E-state index contributed by atoms with van der Waals surface area (Å²) in [4.78, 5) is 51.1. The predicted molar refractivity (Wildman–Crippen MR) is 108 cm³/mol. The van der Waals surface area contributed by atoms with Crippen LogP contribution in [0.2, 0.25) is 0 Å². The van der Waals surface area contributed by atoms with Crippen LogP contribution in [0.25, 0.3) is 0 Å². The normalized spacial score (nSPS) is 22.6. The second-order valence-electron chi connectivity index (χ2n) is 7.61. The number of methoxy groups -OCH3 is 1. The van der Waals surface area contributed by atoms with E-state index in [2.05, 4.69) is 10.6 Å². The molecule has 8 heteroatoms. The van der Waals surface area contributed by atoms with E-state index in [-0.39, 0.29) is 24.2 Å². The fraction of sp³-hybridized carbons (Fsp3) is 0.273. The summed E-state index contributed by atoms with van der Waals surface area (Å²) < 4.78 is 5.13. The third-order valence-corrected chi connectivity index (χ3v) is 5.74. The number of anilines is 1. The maximum atomic E-state index is 13.0. The molecule has 154 valence electrons. The van der Waals surface area contributed by atoms with E-state index in [1.54, 1.807) is 56.3 Å². The number of rotatable bonds is 5. The van der Waals surface area contributed by atoms with Crippen molar-refractivity contribution in [3.05, 3.63) is 59.2 Å². The lowest BCUT2D eigenvalue weighted by molar-refractivity contribution is -0.130. The second-order valence-corrected chi connectivity index (χ2v) is 7.61. The van der Waals surface area contributed by atoms with Crippen molar-refractivity contribution in [2.24, 2.45) is 0 Å². The quantitative estimate of drug-likeness (QED) is 0.585. The van der Waals surface area contributed by atoms with Crippen LogP contribution in [-0.4, -0.2) is 42.2 Å². The summed E-state index contributed by atoms with van der Waals surface area (Å²) in [6.45, 7) is 2.98. The molecule has 2 aliphatic rings. The summed E-state index contributed by atoms with van der Waals surface area (Å²) in [6.07, 6.45) is 0. The van der Waals surface area contributed by atoms with Gasteiger partial charge in [-0.1, -0.05) is 12.1 Å². The van der Waals surface area contributed by atoms with Gasteiger partial charge in [0.2, 0.25) is 5.91 Å². The largest absolute Gasteiger partial charge is 0.497 e. The van der Waals surface area contributed by atoms with Gasteiger partial charge in [0.1, 0.15) is 11.3 Å². The first kappa shape index (κ1) is 19.6. The monoisotopic (exact) mass is 407 g/mol. The van der Waals surface area contributed by atoms with Crippen molar-refractivity contribution in [3.63, 3.8) is 0 Å². The van der Waals surface area contributed by atoms with Gasteiger partial charge in [-0.15, -0.1) is 0 Å². The van der Waals surface area contributed by atoms with Crippen molar-refractivity contribution >= 4 is 29.3 Å². The highest BCUT2D eigenvalue weighted by Gasteiger charge is 2.49. The number of fused-ring (bicyclic) bond motifs is 1. The van der Waals surface area contributed by atoms with Gasteiger partial charge >= 0.3 is 6.03 Å². The Morgan fingerprint density at radius 1 is 1.13 bits per heavy atom. The Kier molecular flexibility index (Phi) is 4.57. The SMILES string of the molecule is COc1ccc([C@@]2(C)NC(=O)N(CC(=O)c3ccc4c(c3)[C@@H](C)C(=O)N4)C2=O)cc1. The first-order valence-electron chi connectivity index (χ1n) is 9.51. The van der Waals surface area contributed by atoms with Gasteiger partial charge in [-0.3, -0.25) is 19.3 Å². The Hall–Kier alpha value is -3.68. The van der Waals surface area contributed by atoms with E-state index in [0.29, 0.717) is 22.6 Å². The molecule has 0 aliphatic carbocycles. The smallest absolute Gasteiger partial charge is 0.325 e. The number of amides is 4. The molecule has 2 heterocycles. The van der Waals surface area contributed by atoms with Gasteiger partial charge in [0.05, 0.1) is 19.6 Å². The van der Waals surface area contributed by atoms with Gasteiger partial charge in [0.25, 0.3) is 5.91 Å². The number of Topliss-reactive ketones (excluding diaryl/α,β-unsaturated/α-hetero) is 1. The number of benzene rings is 2. The number of ether oxygens (including phenoxy) is 1. The van der Waals surface area contributed by atoms with Crippen LogP contribution in [0.3, 0.4) is 0 Å². The van der Waals surface area contributed by atoms with Gasteiger partial charge < -0.3 is 15.4 Å². The predicted octanol–water partition coefficient (Wildman–Crippen LogP) is 2.40. The fourth-order valence-corrected chi connectivity index (χ4v) is 3.79. The molecule has 0 unspecified atom stereocenters. The first-order chi connectivity index (χ1) is 14.2. The van der Waals surface area contributed by atoms with Crippen LogP contribution in [0.1, 0.15) is 41.3 Å². The summed E-state index contributed by atoms with van der Waals surface area (Å²) >= 11 is 0. The molecule has 0 saturated carbocycles. The van der Waals surface area contributed by atoms with Gasteiger partial charge in [0, 0.05) is 11.3 Å². The maximum absolute atomic E-state index is 13.0. The number of urea groups is 1. The van der Waals surface area contributed by atoms with E-state index in [0.717, 1.165) is 10.5 Å². The van der Waals surface area contributed by atoms with Crippen LogP contribution >= 0.6 is 0 Å². The minimum absolute atomic E-state index is 0.126. The molecule has 2 aliphatic heterocycles. The number of nitrogens with one attached hydrogen (secondary N) is 2. The van der Waals surface area contributed by atoms with Gasteiger partial charge in [-0.05, 0) is 55.3 Å². The summed E-state index contributed by atoms with van der Waals surface area (Å²) in [5.74, 6) is -0.740. The molecular weight excluding hydrogens is 386 g/mol. The Balaban J connectivity index is 1.55. The van der Waals surface area contributed by atoms with Gasteiger partial charge in [-0.25, -0.2) is 4.79 Å². The molecule has 30 heavy (non-hydrogen) atoms. The summed E-state index contributed by atoms with van der Waals surface area (Å²) in [7, 11) is 1.54. The van der Waals surface area contributed by atoms with Crippen molar-refractivity contribution < 1.29 is 23.9 Å². The zero-order chi connectivity index (χ0) is 21.6. The van der Waals surface area contributed by atoms with E-state index in [1.807, 2.05) is 0 Å². The van der Waals surface area contributed by atoms with Gasteiger partial charge in [-0.2, -0.15) is 0 Å². The number of imide groups is 1. The van der Waals surface area contributed by atoms with Crippen LogP contribution < -0.4 is 15.4 Å². The van der Waals surface area contributed by atoms with Crippen LogP contribution in [0.15, 0.2) is 42.5 Å². The van der Waals surface area contributed by atoms with E-state index < -0.39 is 17.5 Å². The topological polar surface area (TPSA) is 105 Å². The second kappa shape index (κ2) is 6.98. The Labute approximate surface area is 173 Å². The van der Waals surface area contributed by atoms with Crippen molar-refractivity contribution in [1.29, 1.82) is 0 Å². The molecule has 4 rings (SSSR count). The lowest BCUT2D eigenvalue weighted by Gasteiger charge is -2.22. The third-order valence-electron chi connectivity index (χ3n) is 5.74. The van der Waals surface area contributed by atoms with E-state index in [1.165, 1.54) is 7.11 Å². The summed E-state index contributed by atoms with van der Waals surface area (Å²) in [5, 5.41) is 5.43. The first-order valence-corrected chi connectivity index (χ1v) is 9.51. The summed E-state index contributed by atoms with van der Waals surface area (Å²) in [5.41, 5.74) is 1.06. The molecule has 2 atom stereocenters. The van der Waals surface area contributed by atoms with E-state index in [4.69, 9.17) is 4.74 Å². The van der Waals surface area contributed by atoms with Crippen molar-refractivity contribution in [2.45, 2.75) is 25.3 Å². The van der Waals surface area contributed by atoms with E-state index in [9.17, 15) is 19.2 Å². The Bertz CT molecular complexity index is 1080. The zero-order valence-corrected chi connectivity index (χ0v) is 16.8. The molecule has 0 spiro atoms. The third kappa shape index (κ3) is 3.01. The van der Waals surface area contributed by atoms with Crippen LogP contribution in [0, 0.1) is 0 Å². The molecule has 2 N–H and O–H groups in total. The fourth-order valence-electron chi connectivity index (χ4n) is 3.79. The Morgan fingerprint density at radius 3 is 2.50 bits per heavy atom. The van der Waals surface area contributed by atoms with Crippen molar-refractivity contribution in [3.8, 4) is 5.75 Å². The molecular formula is C22H21N3O5. The van der Waals surface area contributed by atoms with Crippen LogP contribution in [0.4, 0.5) is 10.5 Å². The number of hydrogen-bond acceptors (Lipinski definition) is 5. The van der Waals surface area contributed by atoms with Crippen molar-refractivity contribution in [1.82, 2.24) is 10.2 Å². The number of carbonyl (C=O) groups is 4. The minimum Gasteiger partial charge on any atom is -0.497 e. The van der Waals surface area contributed by atoms with Crippen LogP contribution in [0.5, 0.6) is 5.75 Å². The maximum Gasteiger partial charge on any atom is 0.325 e.